The molecule has 0 saturated carbocycles. The zero-order valence-electron chi connectivity index (χ0n) is 19.2. The van der Waals surface area contributed by atoms with Crippen LogP contribution in [-0.4, -0.2) is 57.5 Å². The van der Waals surface area contributed by atoms with Gasteiger partial charge < -0.3 is 19.7 Å². The summed E-state index contributed by atoms with van der Waals surface area (Å²) in [6.45, 7) is 4.36. The molecule has 3 aliphatic rings. The second-order valence-electron chi connectivity index (χ2n) is 9.08. The molecular weight excluding hydrogens is 454 g/mol. The van der Waals surface area contributed by atoms with Gasteiger partial charge in [-0.3, -0.25) is 4.79 Å². The third kappa shape index (κ3) is 4.67. The summed E-state index contributed by atoms with van der Waals surface area (Å²) in [7, 11) is -3.65. The molecule has 0 aliphatic carbocycles. The Hall–Kier alpha value is -2.91. The highest BCUT2D eigenvalue weighted by Gasteiger charge is 2.34. The number of amides is 1. The number of piperidine rings is 1. The highest BCUT2D eigenvalue weighted by molar-refractivity contribution is 7.90. The number of ether oxygens (including phenoxy) is 2. The number of carbonyl (C=O) groups is 1. The third-order valence-electron chi connectivity index (χ3n) is 6.62. The molecule has 5 rings (SSSR count). The van der Waals surface area contributed by atoms with E-state index in [0.29, 0.717) is 55.4 Å². The normalized spacial score (nSPS) is 21.7. The molecule has 0 bridgehead atoms. The Labute approximate surface area is 200 Å². The molecular formula is C25H29N3O5S. The average Bonchev–Trinajstić information content (AvgIpc) is 3.45. The quantitative estimate of drug-likeness (QED) is 0.701. The number of likely N-dealkylation sites (tertiary alicyclic amines) is 1. The van der Waals surface area contributed by atoms with Gasteiger partial charge in [-0.15, -0.1) is 4.40 Å². The van der Waals surface area contributed by atoms with E-state index in [2.05, 4.69) is 9.71 Å². The van der Waals surface area contributed by atoms with E-state index in [-0.39, 0.29) is 22.8 Å². The molecule has 2 aromatic carbocycles. The number of sulfonamides is 1. The summed E-state index contributed by atoms with van der Waals surface area (Å²) in [5, 5.41) is 3.05. The lowest BCUT2D eigenvalue weighted by Gasteiger charge is -2.32. The van der Waals surface area contributed by atoms with Crippen LogP contribution in [0.2, 0.25) is 0 Å². The van der Waals surface area contributed by atoms with Crippen LogP contribution in [0.1, 0.15) is 36.8 Å². The average molecular weight is 484 g/mol. The first-order chi connectivity index (χ1) is 16.4. The zero-order chi connectivity index (χ0) is 23.7. The minimum Gasteiger partial charge on any atom is -0.489 e. The Morgan fingerprint density at radius 1 is 1.18 bits per heavy atom. The summed E-state index contributed by atoms with van der Waals surface area (Å²) >= 11 is 0. The SMILES string of the molecule is Cc1ccc(NC(=O)C2CCN(C3=NS(=O)(=O)c4ccccc43)CC2)c(OCC2CCCO2)c1. The molecule has 2 saturated heterocycles. The number of rotatable bonds is 5. The monoisotopic (exact) mass is 483 g/mol. The number of aryl methyl sites for hydroxylation is 1. The maximum absolute atomic E-state index is 13.1. The van der Waals surface area contributed by atoms with Crippen molar-refractivity contribution in [2.24, 2.45) is 10.3 Å². The molecule has 1 atom stereocenters. The third-order valence-corrected chi connectivity index (χ3v) is 7.95. The Morgan fingerprint density at radius 3 is 2.74 bits per heavy atom. The van der Waals surface area contributed by atoms with Crippen LogP contribution < -0.4 is 10.1 Å². The van der Waals surface area contributed by atoms with Crippen molar-refractivity contribution in [1.82, 2.24) is 4.90 Å². The van der Waals surface area contributed by atoms with Crippen molar-refractivity contribution < 1.29 is 22.7 Å². The fourth-order valence-corrected chi connectivity index (χ4v) is 5.94. The first-order valence-electron chi connectivity index (χ1n) is 11.8. The Balaban J connectivity index is 1.22. The number of nitrogens with one attached hydrogen (secondary N) is 1. The van der Waals surface area contributed by atoms with Gasteiger partial charge in [0, 0.05) is 31.2 Å². The van der Waals surface area contributed by atoms with Crippen molar-refractivity contribution in [3.05, 3.63) is 53.6 Å². The van der Waals surface area contributed by atoms with Gasteiger partial charge in [0.15, 0.2) is 5.84 Å². The van der Waals surface area contributed by atoms with Crippen molar-refractivity contribution in [2.75, 3.05) is 31.6 Å². The Bertz CT molecular complexity index is 1210. The van der Waals surface area contributed by atoms with E-state index in [4.69, 9.17) is 9.47 Å². The Morgan fingerprint density at radius 2 is 1.97 bits per heavy atom. The van der Waals surface area contributed by atoms with Gasteiger partial charge >= 0.3 is 0 Å². The van der Waals surface area contributed by atoms with Gasteiger partial charge in [0.1, 0.15) is 17.3 Å². The first kappa shape index (κ1) is 22.9. The number of amidine groups is 1. The van der Waals surface area contributed by atoms with Crippen LogP contribution in [0.4, 0.5) is 5.69 Å². The van der Waals surface area contributed by atoms with E-state index in [1.54, 1.807) is 18.2 Å². The van der Waals surface area contributed by atoms with Crippen LogP contribution in [0.25, 0.3) is 0 Å². The largest absolute Gasteiger partial charge is 0.489 e. The molecule has 8 nitrogen and oxygen atoms in total. The number of benzene rings is 2. The van der Waals surface area contributed by atoms with Gasteiger partial charge in [-0.1, -0.05) is 18.2 Å². The molecule has 1 amide bonds. The summed E-state index contributed by atoms with van der Waals surface area (Å²) in [5.41, 5.74) is 2.36. The highest BCUT2D eigenvalue weighted by Crippen LogP contribution is 2.31. The number of anilines is 1. The smallest absolute Gasteiger partial charge is 0.285 e. The summed E-state index contributed by atoms with van der Waals surface area (Å²) < 4.78 is 40.4. The van der Waals surface area contributed by atoms with Crippen molar-refractivity contribution >= 4 is 27.5 Å². The van der Waals surface area contributed by atoms with Crippen LogP contribution >= 0.6 is 0 Å². The van der Waals surface area contributed by atoms with E-state index < -0.39 is 10.0 Å². The zero-order valence-corrected chi connectivity index (χ0v) is 20.0. The number of carbonyl (C=O) groups excluding carboxylic acids is 1. The van der Waals surface area contributed by atoms with Gasteiger partial charge in [-0.2, -0.15) is 8.42 Å². The molecule has 2 aromatic rings. The number of hydrogen-bond donors (Lipinski definition) is 1. The summed E-state index contributed by atoms with van der Waals surface area (Å²) in [6, 6.07) is 12.7. The lowest BCUT2D eigenvalue weighted by molar-refractivity contribution is -0.121. The molecule has 34 heavy (non-hydrogen) atoms. The van der Waals surface area contributed by atoms with Crippen LogP contribution in [0.5, 0.6) is 5.75 Å². The summed E-state index contributed by atoms with van der Waals surface area (Å²) in [5.74, 6) is 0.922. The lowest BCUT2D eigenvalue weighted by atomic mass is 9.95. The van der Waals surface area contributed by atoms with Gasteiger partial charge in [0.25, 0.3) is 10.0 Å². The van der Waals surface area contributed by atoms with Crippen molar-refractivity contribution in [3.63, 3.8) is 0 Å². The minimum absolute atomic E-state index is 0.0492. The van der Waals surface area contributed by atoms with Crippen LogP contribution in [-0.2, 0) is 19.6 Å². The molecule has 0 aromatic heterocycles. The maximum atomic E-state index is 13.1. The van der Waals surface area contributed by atoms with E-state index >= 15 is 0 Å². The van der Waals surface area contributed by atoms with Crippen molar-refractivity contribution in [3.8, 4) is 5.75 Å². The molecule has 3 heterocycles. The van der Waals surface area contributed by atoms with Crippen LogP contribution in [0.3, 0.4) is 0 Å². The number of fused-ring (bicyclic) bond motifs is 1. The molecule has 9 heteroatoms. The second kappa shape index (κ2) is 9.38. The predicted molar refractivity (Wildman–Crippen MR) is 129 cm³/mol. The fraction of sp³-hybridized carbons (Fsp3) is 0.440. The van der Waals surface area contributed by atoms with E-state index in [1.165, 1.54) is 0 Å². The molecule has 3 aliphatic heterocycles. The Kier molecular flexibility index (Phi) is 6.31. The van der Waals surface area contributed by atoms with Crippen LogP contribution in [0, 0.1) is 12.8 Å². The number of hydrogen-bond acceptors (Lipinski definition) is 6. The maximum Gasteiger partial charge on any atom is 0.285 e. The van der Waals surface area contributed by atoms with Crippen LogP contribution in [0.15, 0.2) is 51.8 Å². The molecule has 0 radical (unpaired) electrons. The molecule has 0 spiro atoms. The summed E-state index contributed by atoms with van der Waals surface area (Å²) in [6.07, 6.45) is 3.37. The highest BCUT2D eigenvalue weighted by atomic mass is 32.2. The fourth-order valence-electron chi connectivity index (χ4n) is 4.72. The van der Waals surface area contributed by atoms with E-state index in [9.17, 15) is 13.2 Å². The first-order valence-corrected chi connectivity index (χ1v) is 13.2. The van der Waals surface area contributed by atoms with Gasteiger partial charge in [-0.25, -0.2) is 0 Å². The molecule has 1 N–H and O–H groups in total. The van der Waals surface area contributed by atoms with E-state index in [1.807, 2.05) is 36.1 Å². The second-order valence-corrected chi connectivity index (χ2v) is 10.7. The predicted octanol–water partition coefficient (Wildman–Crippen LogP) is 3.35. The van der Waals surface area contributed by atoms with Gasteiger partial charge in [0.2, 0.25) is 5.91 Å². The summed E-state index contributed by atoms with van der Waals surface area (Å²) in [4.78, 5) is 15.3. The number of nitrogens with zero attached hydrogens (tertiary/aromatic N) is 2. The van der Waals surface area contributed by atoms with Gasteiger partial charge in [0.05, 0.1) is 11.8 Å². The minimum atomic E-state index is -3.65. The standard InChI is InChI=1S/C25H29N3O5S/c1-17-8-9-21(22(15-17)33-16-19-5-4-14-32-19)26-25(29)18-10-12-28(13-11-18)24-20-6-2-3-7-23(20)34(30,31)27-24/h2-3,6-9,15,18-19H,4-5,10-14,16H2,1H3,(H,26,29). The molecule has 180 valence electrons. The van der Waals surface area contributed by atoms with Crippen molar-refractivity contribution in [2.45, 2.75) is 43.6 Å². The van der Waals surface area contributed by atoms with Crippen molar-refractivity contribution in [1.29, 1.82) is 0 Å². The lowest BCUT2D eigenvalue weighted by Crippen LogP contribution is -2.41. The van der Waals surface area contributed by atoms with Gasteiger partial charge in [-0.05, 0) is 62.4 Å². The topological polar surface area (TPSA) is 97.3 Å². The molecule has 1 unspecified atom stereocenters. The van der Waals surface area contributed by atoms with E-state index in [0.717, 1.165) is 25.0 Å². The molecule has 2 fully saturated rings.